The van der Waals surface area contributed by atoms with Gasteiger partial charge in [-0.1, -0.05) is 54.5 Å². The quantitative estimate of drug-likeness (QED) is 0.550. The minimum Gasteiger partial charge on any atom is -0.374 e. The first-order valence-corrected chi connectivity index (χ1v) is 12.6. The van der Waals surface area contributed by atoms with Crippen LogP contribution in [0.25, 0.3) is 0 Å². The van der Waals surface area contributed by atoms with Crippen molar-refractivity contribution in [2.24, 2.45) is 5.92 Å². The van der Waals surface area contributed by atoms with E-state index >= 15 is 0 Å². The molecule has 34 heavy (non-hydrogen) atoms. The van der Waals surface area contributed by atoms with E-state index in [-0.39, 0.29) is 30.1 Å². The number of carbonyl (C=O) groups excluding carboxylic acids is 1. The fourth-order valence-electron chi connectivity index (χ4n) is 4.85. The zero-order valence-corrected chi connectivity index (χ0v) is 20.6. The first-order valence-electron chi connectivity index (χ1n) is 12.6. The Hall–Kier alpha value is -2.91. The van der Waals surface area contributed by atoms with Crippen molar-refractivity contribution in [2.45, 2.75) is 83.6 Å². The molecule has 0 unspecified atom stereocenters. The molecule has 2 aliphatic rings. The number of amides is 1. The van der Waals surface area contributed by atoms with Crippen molar-refractivity contribution in [3.8, 4) is 11.8 Å². The maximum atomic E-state index is 13.0. The summed E-state index contributed by atoms with van der Waals surface area (Å²) < 4.78 is 8.21. The molecule has 1 aromatic heterocycles. The molecule has 4 atom stereocenters. The van der Waals surface area contributed by atoms with Crippen LogP contribution in [-0.4, -0.2) is 45.1 Å². The second-order valence-corrected chi connectivity index (χ2v) is 9.74. The van der Waals surface area contributed by atoms with Crippen LogP contribution in [0, 0.1) is 17.8 Å². The van der Waals surface area contributed by atoms with E-state index in [1.54, 1.807) is 4.90 Å². The molecule has 0 bridgehead atoms. The highest BCUT2D eigenvalue weighted by molar-refractivity contribution is 5.78. The van der Waals surface area contributed by atoms with E-state index in [2.05, 4.69) is 35.2 Å². The van der Waals surface area contributed by atoms with Gasteiger partial charge in [0, 0.05) is 13.6 Å². The summed E-state index contributed by atoms with van der Waals surface area (Å²) in [4.78, 5) is 14.8. The van der Waals surface area contributed by atoms with E-state index < -0.39 is 0 Å². The molecular weight excluding hydrogens is 424 g/mol. The Balaban J connectivity index is 1.26. The monoisotopic (exact) mass is 460 g/mol. The van der Waals surface area contributed by atoms with E-state index in [0.29, 0.717) is 12.2 Å². The normalized spacial score (nSPS) is 21.8. The number of ether oxygens (including phenoxy) is 1. The Bertz CT molecular complexity index is 1050. The van der Waals surface area contributed by atoms with Gasteiger partial charge in [0.15, 0.2) is 5.69 Å². The van der Waals surface area contributed by atoms with Crippen LogP contribution in [0.3, 0.4) is 0 Å². The SMILES string of the molecule is C[C@H](C[C@@H]1CC[C@H]([C@@H](C)C(=O)N(C)Cc2ccccc2)O1)n1cc(C#CC2=CCCCC2)nn1. The van der Waals surface area contributed by atoms with Crippen LogP contribution < -0.4 is 0 Å². The summed E-state index contributed by atoms with van der Waals surface area (Å²) in [7, 11) is 1.87. The lowest BCUT2D eigenvalue weighted by atomic mass is 9.99. The average molecular weight is 461 g/mol. The van der Waals surface area contributed by atoms with Crippen molar-refractivity contribution in [1.82, 2.24) is 19.9 Å². The van der Waals surface area contributed by atoms with Gasteiger partial charge in [0.1, 0.15) is 0 Å². The van der Waals surface area contributed by atoms with Crippen LogP contribution in [0.2, 0.25) is 0 Å². The number of hydrogen-bond donors (Lipinski definition) is 0. The molecule has 0 N–H and O–H groups in total. The fraction of sp³-hybridized carbons (Fsp3) is 0.536. The Morgan fingerprint density at radius 1 is 1.21 bits per heavy atom. The van der Waals surface area contributed by atoms with Gasteiger partial charge >= 0.3 is 0 Å². The first kappa shape index (κ1) is 24.2. The molecule has 0 saturated carbocycles. The van der Waals surface area contributed by atoms with Crippen LogP contribution in [0.5, 0.6) is 0 Å². The molecule has 1 aliphatic heterocycles. The molecule has 6 heteroatoms. The molecule has 1 saturated heterocycles. The third-order valence-electron chi connectivity index (χ3n) is 6.93. The van der Waals surface area contributed by atoms with Gasteiger partial charge in [-0.05, 0) is 68.9 Å². The summed E-state index contributed by atoms with van der Waals surface area (Å²) in [6.07, 6.45) is 11.7. The number of allylic oxidation sites excluding steroid dienone is 2. The highest BCUT2D eigenvalue weighted by atomic mass is 16.5. The van der Waals surface area contributed by atoms with Crippen molar-refractivity contribution in [2.75, 3.05) is 7.05 Å². The summed E-state index contributed by atoms with van der Waals surface area (Å²) in [5.74, 6) is 6.39. The van der Waals surface area contributed by atoms with Crippen LogP contribution in [0.1, 0.15) is 76.1 Å². The number of aromatic nitrogens is 3. The molecule has 1 aromatic carbocycles. The summed E-state index contributed by atoms with van der Waals surface area (Å²) in [6, 6.07) is 10.2. The van der Waals surface area contributed by atoms with E-state index in [9.17, 15) is 4.79 Å². The van der Waals surface area contributed by atoms with E-state index in [0.717, 1.165) is 37.7 Å². The molecule has 2 heterocycles. The van der Waals surface area contributed by atoms with Crippen LogP contribution in [0.15, 0.2) is 48.2 Å². The predicted molar refractivity (Wildman–Crippen MR) is 133 cm³/mol. The fourth-order valence-corrected chi connectivity index (χ4v) is 4.85. The minimum atomic E-state index is -0.156. The van der Waals surface area contributed by atoms with Gasteiger partial charge in [0.2, 0.25) is 5.91 Å². The van der Waals surface area contributed by atoms with Crippen LogP contribution in [-0.2, 0) is 16.1 Å². The molecule has 1 amide bonds. The van der Waals surface area contributed by atoms with Gasteiger partial charge in [-0.15, -0.1) is 5.10 Å². The van der Waals surface area contributed by atoms with Crippen molar-refractivity contribution in [3.63, 3.8) is 0 Å². The summed E-state index contributed by atoms with van der Waals surface area (Å²) in [6.45, 7) is 4.74. The second kappa shape index (κ2) is 11.5. The van der Waals surface area contributed by atoms with Crippen LogP contribution >= 0.6 is 0 Å². The lowest BCUT2D eigenvalue weighted by Crippen LogP contribution is -2.37. The summed E-state index contributed by atoms with van der Waals surface area (Å²) in [5.41, 5.74) is 3.07. The molecule has 180 valence electrons. The van der Waals surface area contributed by atoms with Gasteiger partial charge in [-0.3, -0.25) is 4.79 Å². The Labute approximate surface area is 203 Å². The molecule has 1 fully saturated rings. The molecule has 4 rings (SSSR count). The third kappa shape index (κ3) is 6.36. The standard InChI is InChI=1S/C28H36N4O2/c1-21(32-20-25(29-30-32)15-14-23-10-6-4-7-11-23)18-26-16-17-27(34-26)22(2)28(33)31(3)19-24-12-8-5-9-13-24/h5,8-10,12-13,20-22,26-27H,4,6-7,11,16-19H2,1-3H3/t21-,22-,26+,27-/m1/s1. The highest BCUT2D eigenvalue weighted by Gasteiger charge is 2.35. The largest absolute Gasteiger partial charge is 0.374 e. The number of nitrogens with zero attached hydrogens (tertiary/aromatic N) is 4. The second-order valence-electron chi connectivity index (χ2n) is 9.74. The van der Waals surface area contributed by atoms with Gasteiger partial charge < -0.3 is 9.64 Å². The number of rotatable bonds is 7. The smallest absolute Gasteiger partial charge is 0.228 e. The van der Waals surface area contributed by atoms with Gasteiger partial charge in [-0.25, -0.2) is 4.68 Å². The molecule has 6 nitrogen and oxygen atoms in total. The number of hydrogen-bond acceptors (Lipinski definition) is 4. The lowest BCUT2D eigenvalue weighted by molar-refractivity contribution is -0.139. The zero-order valence-electron chi connectivity index (χ0n) is 20.6. The van der Waals surface area contributed by atoms with Crippen molar-refractivity contribution in [1.29, 1.82) is 0 Å². The van der Waals surface area contributed by atoms with E-state index in [4.69, 9.17) is 4.74 Å². The minimum absolute atomic E-state index is 0.0381. The van der Waals surface area contributed by atoms with Gasteiger partial charge in [-0.2, -0.15) is 0 Å². The van der Waals surface area contributed by atoms with Crippen molar-refractivity contribution < 1.29 is 9.53 Å². The lowest BCUT2D eigenvalue weighted by Gasteiger charge is -2.26. The Morgan fingerprint density at radius 2 is 2.03 bits per heavy atom. The third-order valence-corrected chi connectivity index (χ3v) is 6.93. The van der Waals surface area contributed by atoms with Crippen LogP contribution in [0.4, 0.5) is 0 Å². The Morgan fingerprint density at radius 3 is 2.79 bits per heavy atom. The average Bonchev–Trinajstić information content (AvgIpc) is 3.53. The topological polar surface area (TPSA) is 60.2 Å². The van der Waals surface area contributed by atoms with Crippen molar-refractivity contribution >= 4 is 5.91 Å². The van der Waals surface area contributed by atoms with Gasteiger partial charge in [0.25, 0.3) is 0 Å². The van der Waals surface area contributed by atoms with Gasteiger partial charge in [0.05, 0.1) is 30.4 Å². The van der Waals surface area contributed by atoms with Crippen molar-refractivity contribution in [3.05, 3.63) is 59.4 Å². The molecule has 1 aliphatic carbocycles. The zero-order chi connectivity index (χ0) is 23.9. The number of benzene rings is 1. The highest BCUT2D eigenvalue weighted by Crippen LogP contribution is 2.31. The van der Waals surface area contributed by atoms with E-state index in [1.807, 2.05) is 55.2 Å². The predicted octanol–water partition coefficient (Wildman–Crippen LogP) is 4.92. The first-order chi connectivity index (χ1) is 16.5. The molecular formula is C28H36N4O2. The molecule has 0 spiro atoms. The summed E-state index contributed by atoms with van der Waals surface area (Å²) in [5, 5.41) is 8.53. The van der Waals surface area contributed by atoms with E-state index in [1.165, 1.54) is 18.4 Å². The number of carbonyl (C=O) groups is 1. The molecule has 0 radical (unpaired) electrons. The summed E-state index contributed by atoms with van der Waals surface area (Å²) >= 11 is 0. The Kier molecular flexibility index (Phi) is 8.18. The maximum absolute atomic E-state index is 13.0. The maximum Gasteiger partial charge on any atom is 0.228 e. The molecule has 2 aromatic rings.